The van der Waals surface area contributed by atoms with Crippen LogP contribution in [0.1, 0.15) is 20.8 Å². The Hall–Kier alpha value is -0.390. The monoisotopic (exact) mass is 333 g/mol. The maximum Gasteiger partial charge on any atom is 0.179 e. The lowest BCUT2D eigenvalue weighted by molar-refractivity contribution is 0.302. The molecular weight excluding hydrogens is 314 g/mol. The van der Waals surface area contributed by atoms with Crippen LogP contribution < -0.4 is 5.32 Å². The third-order valence-corrected chi connectivity index (χ3v) is 5.24. The highest BCUT2D eigenvalue weighted by Crippen LogP contribution is 2.23. The minimum atomic E-state index is -3.25. The van der Waals surface area contributed by atoms with Crippen LogP contribution in [0.15, 0.2) is 33.6 Å². The van der Waals surface area contributed by atoms with E-state index in [1.54, 1.807) is 31.3 Å². The number of benzene rings is 1. The Morgan fingerprint density at radius 3 is 2.11 bits per heavy atom. The standard InChI is InChI=1S/C13H20BrNO2S/c1-13(2,3)12(15-4)9-18(16,17)11-7-5-10(14)6-8-11/h5-8,12,15H,9H2,1-4H3. The van der Waals surface area contributed by atoms with Crippen LogP contribution in [0, 0.1) is 5.41 Å². The molecule has 0 fully saturated rings. The fourth-order valence-electron chi connectivity index (χ4n) is 1.72. The number of nitrogens with one attached hydrogen (secondary N) is 1. The lowest BCUT2D eigenvalue weighted by atomic mass is 9.88. The van der Waals surface area contributed by atoms with Gasteiger partial charge in [-0.3, -0.25) is 0 Å². The Morgan fingerprint density at radius 1 is 1.22 bits per heavy atom. The van der Waals surface area contributed by atoms with Crippen LogP contribution in [-0.2, 0) is 9.84 Å². The zero-order valence-electron chi connectivity index (χ0n) is 11.2. The first-order chi connectivity index (χ1) is 8.16. The van der Waals surface area contributed by atoms with Crippen LogP contribution in [0.25, 0.3) is 0 Å². The minimum absolute atomic E-state index is 0.0776. The van der Waals surface area contributed by atoms with Gasteiger partial charge in [-0.15, -0.1) is 0 Å². The first-order valence-corrected chi connectivity index (χ1v) is 8.27. The fourth-order valence-corrected chi connectivity index (χ4v) is 3.84. The Morgan fingerprint density at radius 2 is 1.72 bits per heavy atom. The van der Waals surface area contributed by atoms with Gasteiger partial charge in [-0.25, -0.2) is 8.42 Å². The molecule has 0 bridgehead atoms. The molecule has 3 nitrogen and oxygen atoms in total. The van der Waals surface area contributed by atoms with Crippen molar-refractivity contribution in [1.82, 2.24) is 5.32 Å². The maximum atomic E-state index is 12.3. The summed E-state index contributed by atoms with van der Waals surface area (Å²) in [4.78, 5) is 0.371. The van der Waals surface area contributed by atoms with Gasteiger partial charge < -0.3 is 5.32 Å². The second-order valence-corrected chi connectivity index (χ2v) is 8.39. The summed E-state index contributed by atoms with van der Waals surface area (Å²) in [6.07, 6.45) is 0. The smallest absolute Gasteiger partial charge is 0.179 e. The van der Waals surface area contributed by atoms with Crippen molar-refractivity contribution in [3.63, 3.8) is 0 Å². The quantitative estimate of drug-likeness (QED) is 0.921. The van der Waals surface area contributed by atoms with Crippen molar-refractivity contribution in [1.29, 1.82) is 0 Å². The number of hydrogen-bond acceptors (Lipinski definition) is 3. The van der Waals surface area contributed by atoms with Crippen molar-refractivity contribution in [2.24, 2.45) is 5.41 Å². The third kappa shape index (κ3) is 4.07. The largest absolute Gasteiger partial charge is 0.315 e. The molecule has 0 radical (unpaired) electrons. The van der Waals surface area contributed by atoms with Crippen molar-refractivity contribution in [3.05, 3.63) is 28.7 Å². The van der Waals surface area contributed by atoms with Crippen molar-refractivity contribution < 1.29 is 8.42 Å². The first-order valence-electron chi connectivity index (χ1n) is 5.82. The van der Waals surface area contributed by atoms with Crippen LogP contribution >= 0.6 is 15.9 Å². The average molecular weight is 334 g/mol. The van der Waals surface area contributed by atoms with E-state index in [0.717, 1.165) is 4.47 Å². The molecule has 5 heteroatoms. The van der Waals surface area contributed by atoms with Gasteiger partial charge in [0.15, 0.2) is 9.84 Å². The maximum absolute atomic E-state index is 12.3. The van der Waals surface area contributed by atoms with Crippen LogP contribution in [0.3, 0.4) is 0 Å². The zero-order chi connectivity index (χ0) is 14.0. The molecule has 0 saturated heterocycles. The van der Waals surface area contributed by atoms with Crippen LogP contribution in [0.4, 0.5) is 0 Å². The Bertz CT molecular complexity index is 489. The summed E-state index contributed by atoms with van der Waals surface area (Å²) >= 11 is 3.30. The van der Waals surface area contributed by atoms with Crippen LogP contribution in [0.2, 0.25) is 0 Å². The molecule has 102 valence electrons. The molecule has 0 aromatic heterocycles. The molecule has 0 heterocycles. The number of sulfone groups is 1. The van der Waals surface area contributed by atoms with Gasteiger partial charge in [-0.2, -0.15) is 0 Å². The van der Waals surface area contributed by atoms with E-state index in [-0.39, 0.29) is 17.2 Å². The lowest BCUT2D eigenvalue weighted by Crippen LogP contribution is -2.43. The van der Waals surface area contributed by atoms with Gasteiger partial charge in [-0.05, 0) is 36.7 Å². The molecule has 0 aliphatic rings. The molecule has 1 atom stereocenters. The molecule has 0 aliphatic carbocycles. The highest BCUT2D eigenvalue weighted by molar-refractivity contribution is 9.10. The number of halogens is 1. The van der Waals surface area contributed by atoms with E-state index in [2.05, 4.69) is 21.2 Å². The molecule has 1 aromatic carbocycles. The lowest BCUT2D eigenvalue weighted by Gasteiger charge is -2.30. The molecule has 1 rings (SSSR count). The van der Waals surface area contributed by atoms with Crippen molar-refractivity contribution in [3.8, 4) is 0 Å². The molecule has 0 saturated carbocycles. The van der Waals surface area contributed by atoms with Gasteiger partial charge in [-0.1, -0.05) is 36.7 Å². The second kappa shape index (κ2) is 5.72. The van der Waals surface area contributed by atoms with Gasteiger partial charge in [0.05, 0.1) is 10.6 Å². The third-order valence-electron chi connectivity index (χ3n) is 2.95. The van der Waals surface area contributed by atoms with Gasteiger partial charge in [0, 0.05) is 10.5 Å². The van der Waals surface area contributed by atoms with Crippen molar-refractivity contribution in [2.75, 3.05) is 12.8 Å². The molecule has 1 N–H and O–H groups in total. The molecular formula is C13H20BrNO2S. The molecule has 0 amide bonds. The predicted molar refractivity (Wildman–Crippen MR) is 78.5 cm³/mol. The predicted octanol–water partition coefficient (Wildman–Crippen LogP) is 2.86. The molecule has 18 heavy (non-hydrogen) atoms. The summed E-state index contributed by atoms with van der Waals surface area (Å²) in [6.45, 7) is 6.10. The van der Waals surface area contributed by atoms with Crippen LogP contribution in [-0.4, -0.2) is 27.3 Å². The Labute approximate surface area is 118 Å². The molecule has 1 aromatic rings. The van der Waals surface area contributed by atoms with Crippen molar-refractivity contribution >= 4 is 25.8 Å². The average Bonchev–Trinajstić information content (AvgIpc) is 2.25. The van der Waals surface area contributed by atoms with E-state index in [1.807, 2.05) is 20.8 Å². The van der Waals surface area contributed by atoms with Gasteiger partial charge in [0.25, 0.3) is 0 Å². The van der Waals surface area contributed by atoms with Gasteiger partial charge in [0.1, 0.15) is 0 Å². The Balaban J connectivity index is 2.98. The van der Waals surface area contributed by atoms with E-state index in [9.17, 15) is 8.42 Å². The van der Waals surface area contributed by atoms with E-state index in [1.165, 1.54) is 0 Å². The molecule has 0 aliphatic heterocycles. The SMILES string of the molecule is CNC(CS(=O)(=O)c1ccc(Br)cc1)C(C)(C)C. The van der Waals surface area contributed by atoms with E-state index >= 15 is 0 Å². The summed E-state index contributed by atoms with van der Waals surface area (Å²) in [7, 11) is -1.46. The van der Waals surface area contributed by atoms with E-state index in [4.69, 9.17) is 0 Å². The van der Waals surface area contributed by atoms with Gasteiger partial charge in [0.2, 0.25) is 0 Å². The first kappa shape index (κ1) is 15.7. The van der Waals surface area contributed by atoms with Crippen LogP contribution in [0.5, 0.6) is 0 Å². The molecule has 1 unspecified atom stereocenters. The summed E-state index contributed by atoms with van der Waals surface area (Å²) in [6, 6.07) is 6.69. The Kier molecular flexibility index (Phi) is 4.98. The minimum Gasteiger partial charge on any atom is -0.315 e. The molecule has 0 spiro atoms. The fraction of sp³-hybridized carbons (Fsp3) is 0.538. The second-order valence-electron chi connectivity index (χ2n) is 5.44. The summed E-state index contributed by atoms with van der Waals surface area (Å²) in [5.74, 6) is 0.106. The van der Waals surface area contributed by atoms with Crippen molar-refractivity contribution in [2.45, 2.75) is 31.7 Å². The highest BCUT2D eigenvalue weighted by Gasteiger charge is 2.29. The summed E-state index contributed by atoms with van der Waals surface area (Å²) in [5.41, 5.74) is -0.100. The van der Waals surface area contributed by atoms with E-state index < -0.39 is 9.84 Å². The topological polar surface area (TPSA) is 46.2 Å². The summed E-state index contributed by atoms with van der Waals surface area (Å²) < 4.78 is 25.5. The zero-order valence-corrected chi connectivity index (χ0v) is 13.6. The number of hydrogen-bond donors (Lipinski definition) is 1. The number of rotatable bonds is 4. The van der Waals surface area contributed by atoms with Gasteiger partial charge >= 0.3 is 0 Å². The van der Waals surface area contributed by atoms with E-state index in [0.29, 0.717) is 4.90 Å². The normalized spacial score (nSPS) is 14.5. The highest BCUT2D eigenvalue weighted by atomic mass is 79.9. The summed E-state index contributed by atoms with van der Waals surface area (Å²) in [5, 5.41) is 3.09.